The molecule has 0 radical (unpaired) electrons. The van der Waals surface area contributed by atoms with Crippen LogP contribution in [-0.4, -0.2) is 29.1 Å². The van der Waals surface area contributed by atoms with E-state index in [1.165, 1.54) is 54.8 Å². The second-order valence-corrected chi connectivity index (χ2v) is 14.4. The van der Waals surface area contributed by atoms with Gasteiger partial charge in [0.25, 0.3) is 0 Å². The Hall–Kier alpha value is -6.92. The number of aromatic nitrogens is 6. The van der Waals surface area contributed by atoms with Crippen LogP contribution >= 0.6 is 0 Å². The first-order chi connectivity index (χ1) is 26.6. The normalized spacial score (nSPS) is 15.2. The molecule has 0 saturated heterocycles. The van der Waals surface area contributed by atoms with E-state index in [1.807, 2.05) is 36.9 Å². The SMILES string of the molecule is CC1c2cc3c4cc(-c5ncccn5)ccc4n(-c4ccccc4)c3cc2-c2cc3c(cc2C1C)c1cc(-c2ncccn2)ccc1n3-c1ccccc1. The molecule has 0 saturated carbocycles. The predicted molar refractivity (Wildman–Crippen MR) is 219 cm³/mol. The van der Waals surface area contributed by atoms with Crippen molar-refractivity contribution < 1.29 is 0 Å². The summed E-state index contributed by atoms with van der Waals surface area (Å²) in [4.78, 5) is 18.3. The Morgan fingerprint density at radius 3 is 1.19 bits per heavy atom. The molecule has 11 rings (SSSR count). The lowest BCUT2D eigenvalue weighted by Gasteiger charge is -2.32. The van der Waals surface area contributed by atoms with Gasteiger partial charge in [-0.05, 0) is 131 Å². The minimum atomic E-state index is 0.306. The van der Waals surface area contributed by atoms with Gasteiger partial charge in [0, 0.05) is 68.8 Å². The number of hydrogen-bond acceptors (Lipinski definition) is 4. The Labute approximate surface area is 312 Å². The molecule has 256 valence electrons. The molecule has 10 aromatic rings. The van der Waals surface area contributed by atoms with E-state index in [-0.39, 0.29) is 0 Å². The van der Waals surface area contributed by atoms with Crippen molar-refractivity contribution in [3.05, 3.63) is 169 Å². The van der Waals surface area contributed by atoms with E-state index in [0.717, 1.165) is 45.2 Å². The molecule has 0 N–H and O–H groups in total. The average molecular weight is 695 g/mol. The number of hydrogen-bond donors (Lipinski definition) is 0. The fraction of sp³-hybridized carbons (Fsp3) is 0.0833. The molecular weight excluding hydrogens is 661 g/mol. The number of nitrogens with zero attached hydrogens (tertiary/aromatic N) is 6. The minimum Gasteiger partial charge on any atom is -0.309 e. The van der Waals surface area contributed by atoms with Crippen LogP contribution in [0, 0.1) is 0 Å². The second kappa shape index (κ2) is 11.8. The summed E-state index contributed by atoms with van der Waals surface area (Å²) in [6.45, 7) is 4.78. The molecule has 0 fully saturated rings. The van der Waals surface area contributed by atoms with Crippen LogP contribution in [0.25, 0.3) is 88.9 Å². The van der Waals surface area contributed by atoms with E-state index in [2.05, 4.69) is 164 Å². The van der Waals surface area contributed by atoms with E-state index >= 15 is 0 Å². The first kappa shape index (κ1) is 30.7. The summed E-state index contributed by atoms with van der Waals surface area (Å²) in [5.41, 5.74) is 14.3. The van der Waals surface area contributed by atoms with Gasteiger partial charge in [-0.25, -0.2) is 19.9 Å². The van der Waals surface area contributed by atoms with Gasteiger partial charge in [-0.3, -0.25) is 0 Å². The van der Waals surface area contributed by atoms with E-state index in [9.17, 15) is 0 Å². The van der Waals surface area contributed by atoms with Gasteiger partial charge in [-0.2, -0.15) is 0 Å². The molecule has 54 heavy (non-hydrogen) atoms. The summed E-state index contributed by atoms with van der Waals surface area (Å²) in [5, 5.41) is 4.88. The molecule has 6 heteroatoms. The largest absolute Gasteiger partial charge is 0.309 e. The number of para-hydroxylation sites is 2. The molecule has 6 aromatic carbocycles. The molecule has 2 unspecified atom stereocenters. The lowest BCUT2D eigenvalue weighted by molar-refractivity contribution is 0.617. The summed E-state index contributed by atoms with van der Waals surface area (Å²) < 4.78 is 4.82. The summed E-state index contributed by atoms with van der Waals surface area (Å²) >= 11 is 0. The Morgan fingerprint density at radius 2 is 0.778 bits per heavy atom. The van der Waals surface area contributed by atoms with Gasteiger partial charge in [0.2, 0.25) is 0 Å². The highest BCUT2D eigenvalue weighted by Crippen LogP contribution is 2.51. The third-order valence-electron chi connectivity index (χ3n) is 11.6. The highest BCUT2D eigenvalue weighted by molar-refractivity contribution is 6.14. The van der Waals surface area contributed by atoms with Crippen LogP contribution < -0.4 is 0 Å². The van der Waals surface area contributed by atoms with Crippen LogP contribution in [0.5, 0.6) is 0 Å². The molecule has 1 aliphatic carbocycles. The van der Waals surface area contributed by atoms with Crippen LogP contribution in [0.1, 0.15) is 36.8 Å². The molecule has 1 aliphatic rings. The van der Waals surface area contributed by atoms with Crippen LogP contribution in [0.3, 0.4) is 0 Å². The Bertz CT molecular complexity index is 2850. The molecular formula is C48H34N6. The van der Waals surface area contributed by atoms with Crippen molar-refractivity contribution in [2.45, 2.75) is 25.7 Å². The zero-order chi connectivity index (χ0) is 35.9. The Kier molecular flexibility index (Phi) is 6.71. The van der Waals surface area contributed by atoms with Crippen molar-refractivity contribution in [1.29, 1.82) is 0 Å². The maximum Gasteiger partial charge on any atom is 0.159 e. The summed E-state index contributed by atoms with van der Waals surface area (Å²) in [5.74, 6) is 2.08. The zero-order valence-corrected chi connectivity index (χ0v) is 29.8. The van der Waals surface area contributed by atoms with Gasteiger partial charge in [0.05, 0.1) is 22.1 Å². The lowest BCUT2D eigenvalue weighted by Crippen LogP contribution is -2.13. The zero-order valence-electron chi connectivity index (χ0n) is 29.8. The van der Waals surface area contributed by atoms with Crippen molar-refractivity contribution in [3.63, 3.8) is 0 Å². The van der Waals surface area contributed by atoms with Crippen LogP contribution in [0.15, 0.2) is 158 Å². The smallest absolute Gasteiger partial charge is 0.159 e. The monoisotopic (exact) mass is 694 g/mol. The third-order valence-corrected chi connectivity index (χ3v) is 11.6. The first-order valence-corrected chi connectivity index (χ1v) is 18.5. The fourth-order valence-electron chi connectivity index (χ4n) is 8.81. The molecule has 4 heterocycles. The van der Waals surface area contributed by atoms with Crippen molar-refractivity contribution in [2.75, 3.05) is 0 Å². The van der Waals surface area contributed by atoms with Gasteiger partial charge in [-0.1, -0.05) is 50.2 Å². The van der Waals surface area contributed by atoms with Crippen LogP contribution in [-0.2, 0) is 0 Å². The van der Waals surface area contributed by atoms with E-state index in [1.54, 1.807) is 0 Å². The molecule has 0 aliphatic heterocycles. The molecule has 4 aromatic heterocycles. The summed E-state index contributed by atoms with van der Waals surface area (Å²) in [7, 11) is 0. The van der Waals surface area contributed by atoms with E-state index < -0.39 is 0 Å². The summed E-state index contributed by atoms with van der Waals surface area (Å²) in [6, 6.07) is 48.2. The maximum absolute atomic E-state index is 4.58. The van der Waals surface area contributed by atoms with Crippen molar-refractivity contribution >= 4 is 43.6 Å². The molecule has 0 amide bonds. The number of benzene rings is 6. The second-order valence-electron chi connectivity index (χ2n) is 14.4. The van der Waals surface area contributed by atoms with Gasteiger partial charge in [-0.15, -0.1) is 0 Å². The topological polar surface area (TPSA) is 61.4 Å². The fourth-order valence-corrected chi connectivity index (χ4v) is 8.81. The van der Waals surface area contributed by atoms with Crippen molar-refractivity contribution in [1.82, 2.24) is 29.1 Å². The summed E-state index contributed by atoms with van der Waals surface area (Å²) in [6.07, 6.45) is 7.23. The van der Waals surface area contributed by atoms with Gasteiger partial charge >= 0.3 is 0 Å². The van der Waals surface area contributed by atoms with Crippen molar-refractivity contribution in [3.8, 4) is 45.3 Å². The van der Waals surface area contributed by atoms with Gasteiger partial charge in [0.1, 0.15) is 0 Å². The predicted octanol–water partition coefficient (Wildman–Crippen LogP) is 11.7. The maximum atomic E-state index is 4.58. The number of rotatable bonds is 4. The Balaban J connectivity index is 1.21. The van der Waals surface area contributed by atoms with Crippen LogP contribution in [0.4, 0.5) is 0 Å². The quantitative estimate of drug-likeness (QED) is 0.184. The number of fused-ring (bicyclic) bond motifs is 9. The average Bonchev–Trinajstić information content (AvgIpc) is 3.74. The molecule has 0 spiro atoms. The van der Waals surface area contributed by atoms with Crippen LogP contribution in [0.2, 0.25) is 0 Å². The standard InChI is InChI=1S/C48H34N6/c1-29-30(2)36-26-42-40-24-32(48-51-21-10-22-52-48)16-18-44(40)54(34-13-7-4-8-14-34)46(42)28-38(36)37-27-45-41(25-35(29)37)39-23-31(47-49-19-9-20-50-47)15-17-43(39)53(45)33-11-5-3-6-12-33/h3-30H,1-2H3. The molecule has 6 nitrogen and oxygen atoms in total. The minimum absolute atomic E-state index is 0.306. The first-order valence-electron chi connectivity index (χ1n) is 18.5. The Morgan fingerprint density at radius 1 is 0.389 bits per heavy atom. The third kappa shape index (κ3) is 4.53. The van der Waals surface area contributed by atoms with E-state index in [4.69, 9.17) is 0 Å². The van der Waals surface area contributed by atoms with E-state index in [0.29, 0.717) is 11.8 Å². The van der Waals surface area contributed by atoms with Gasteiger partial charge < -0.3 is 9.13 Å². The molecule has 0 bridgehead atoms. The lowest BCUT2D eigenvalue weighted by atomic mass is 9.72. The van der Waals surface area contributed by atoms with Crippen molar-refractivity contribution in [2.24, 2.45) is 0 Å². The highest BCUT2D eigenvalue weighted by Gasteiger charge is 2.31. The van der Waals surface area contributed by atoms with Gasteiger partial charge in [0.15, 0.2) is 11.6 Å². The highest BCUT2D eigenvalue weighted by atomic mass is 15.0. The molecule has 2 atom stereocenters.